The number of carbonyl (C=O) groups is 1. The Morgan fingerprint density at radius 3 is 3.00 bits per heavy atom. The van der Waals surface area contributed by atoms with Gasteiger partial charge in [0.2, 0.25) is 5.91 Å². The Morgan fingerprint density at radius 2 is 2.30 bits per heavy atom. The van der Waals surface area contributed by atoms with E-state index in [4.69, 9.17) is 11.6 Å². The van der Waals surface area contributed by atoms with E-state index in [1.54, 1.807) is 4.90 Å². The zero-order chi connectivity index (χ0) is 14.3. The van der Waals surface area contributed by atoms with Gasteiger partial charge in [-0.05, 0) is 24.6 Å². The minimum atomic E-state index is 0.208. The number of piperidine rings is 1. The molecule has 0 aliphatic carbocycles. The van der Waals surface area contributed by atoms with Crippen molar-refractivity contribution in [2.75, 3.05) is 13.6 Å². The smallest absolute Gasteiger partial charge is 0.222 e. The van der Waals surface area contributed by atoms with Gasteiger partial charge in [-0.3, -0.25) is 4.79 Å². The molecule has 2 heterocycles. The Kier molecular flexibility index (Phi) is 3.73. The van der Waals surface area contributed by atoms with Crippen molar-refractivity contribution < 1.29 is 4.79 Å². The minimum Gasteiger partial charge on any atom is -0.344 e. The van der Waals surface area contributed by atoms with Gasteiger partial charge in [-0.25, -0.2) is 4.98 Å². The molecular weight excluding hydrogens is 342 g/mol. The van der Waals surface area contributed by atoms with E-state index in [2.05, 4.69) is 31.5 Å². The van der Waals surface area contributed by atoms with E-state index in [1.165, 1.54) is 0 Å². The van der Waals surface area contributed by atoms with Crippen molar-refractivity contribution in [2.45, 2.75) is 24.8 Å². The number of fused-ring (bicyclic) bond motifs is 1. The molecule has 1 aliphatic rings. The van der Waals surface area contributed by atoms with Crippen molar-refractivity contribution >= 4 is 44.5 Å². The second-order valence-corrected chi connectivity index (χ2v) is 6.31. The highest BCUT2D eigenvalue weighted by molar-refractivity contribution is 9.10. The van der Waals surface area contributed by atoms with Crippen molar-refractivity contribution in [1.82, 2.24) is 14.5 Å². The summed E-state index contributed by atoms with van der Waals surface area (Å²) in [4.78, 5) is 18.0. The molecule has 1 aliphatic heterocycles. The topological polar surface area (TPSA) is 38.1 Å². The Hall–Kier alpha value is -1.07. The number of benzene rings is 1. The van der Waals surface area contributed by atoms with Gasteiger partial charge in [0.15, 0.2) is 0 Å². The van der Waals surface area contributed by atoms with Crippen LogP contribution < -0.4 is 0 Å². The summed E-state index contributed by atoms with van der Waals surface area (Å²) in [6, 6.07) is 6.28. The summed E-state index contributed by atoms with van der Waals surface area (Å²) in [6.45, 7) is 0.709. The Labute approximate surface area is 130 Å². The summed E-state index contributed by atoms with van der Waals surface area (Å²) in [7, 11) is 1.85. The molecule has 6 heteroatoms. The number of hydrogen-bond acceptors (Lipinski definition) is 2. The monoisotopic (exact) mass is 355 g/mol. The van der Waals surface area contributed by atoms with E-state index >= 15 is 0 Å². The number of alkyl halides is 1. The maximum Gasteiger partial charge on any atom is 0.222 e. The van der Waals surface area contributed by atoms with Crippen LogP contribution >= 0.6 is 27.5 Å². The first kappa shape index (κ1) is 13.9. The molecule has 0 saturated carbocycles. The standard InChI is InChI=1S/C14H15BrClN3O/c1-18-8-10(3-5-14(18)20)19-12-6-9(15)2-4-11(12)17-13(19)7-16/h2,4,6,10H,3,5,7-8H2,1H3. The first-order chi connectivity index (χ1) is 9.60. The zero-order valence-electron chi connectivity index (χ0n) is 11.1. The lowest BCUT2D eigenvalue weighted by atomic mass is 10.1. The number of rotatable bonds is 2. The number of imidazole rings is 1. The Balaban J connectivity index is 2.09. The molecule has 4 nitrogen and oxygen atoms in total. The van der Waals surface area contributed by atoms with Crippen LogP contribution in [0.3, 0.4) is 0 Å². The quantitative estimate of drug-likeness (QED) is 0.774. The van der Waals surface area contributed by atoms with E-state index in [9.17, 15) is 4.79 Å². The summed E-state index contributed by atoms with van der Waals surface area (Å²) in [5.74, 6) is 1.45. The molecule has 0 radical (unpaired) electrons. The third kappa shape index (κ3) is 2.33. The van der Waals surface area contributed by atoms with Crippen molar-refractivity contribution in [3.05, 3.63) is 28.5 Å². The lowest BCUT2D eigenvalue weighted by Crippen LogP contribution is -2.38. The predicted octanol–water partition coefficient (Wildman–Crippen LogP) is 3.33. The number of nitrogens with zero attached hydrogens (tertiary/aromatic N) is 3. The van der Waals surface area contributed by atoms with Crippen molar-refractivity contribution in [3.63, 3.8) is 0 Å². The van der Waals surface area contributed by atoms with Crippen LogP contribution in [-0.4, -0.2) is 34.0 Å². The van der Waals surface area contributed by atoms with Crippen LogP contribution in [0.2, 0.25) is 0 Å². The van der Waals surface area contributed by atoms with E-state index in [-0.39, 0.29) is 11.9 Å². The largest absolute Gasteiger partial charge is 0.344 e. The van der Waals surface area contributed by atoms with E-state index < -0.39 is 0 Å². The summed E-state index contributed by atoms with van der Waals surface area (Å²) in [5, 5.41) is 0. The second-order valence-electron chi connectivity index (χ2n) is 5.13. The van der Waals surface area contributed by atoms with Crippen LogP contribution in [-0.2, 0) is 10.7 Å². The van der Waals surface area contributed by atoms with Crippen LogP contribution in [0.5, 0.6) is 0 Å². The van der Waals surface area contributed by atoms with Gasteiger partial charge in [0.25, 0.3) is 0 Å². The van der Waals surface area contributed by atoms with Gasteiger partial charge in [-0.15, -0.1) is 11.6 Å². The molecule has 3 rings (SSSR count). The minimum absolute atomic E-state index is 0.208. The van der Waals surface area contributed by atoms with Gasteiger partial charge < -0.3 is 9.47 Å². The third-order valence-electron chi connectivity index (χ3n) is 3.81. The lowest BCUT2D eigenvalue weighted by molar-refractivity contribution is -0.132. The Bertz CT molecular complexity index is 670. The van der Waals surface area contributed by atoms with Crippen molar-refractivity contribution in [2.24, 2.45) is 0 Å². The normalized spacial score (nSPS) is 19.9. The fourth-order valence-electron chi connectivity index (χ4n) is 2.82. The molecule has 20 heavy (non-hydrogen) atoms. The van der Waals surface area contributed by atoms with E-state index in [1.807, 2.05) is 19.2 Å². The molecular formula is C14H15BrClN3O. The summed E-state index contributed by atoms with van der Waals surface area (Å²) in [6.07, 6.45) is 1.42. The summed E-state index contributed by atoms with van der Waals surface area (Å²) >= 11 is 9.56. The molecule has 1 aromatic carbocycles. The molecule has 1 aromatic heterocycles. The number of likely N-dealkylation sites (tertiary alicyclic amines) is 1. The fourth-order valence-corrected chi connectivity index (χ4v) is 3.36. The molecule has 0 N–H and O–H groups in total. The van der Waals surface area contributed by atoms with Gasteiger partial charge in [-0.2, -0.15) is 0 Å². The first-order valence-electron chi connectivity index (χ1n) is 6.56. The van der Waals surface area contributed by atoms with Gasteiger partial charge in [0.05, 0.1) is 23.0 Å². The number of amides is 1. The van der Waals surface area contributed by atoms with Gasteiger partial charge in [-0.1, -0.05) is 15.9 Å². The third-order valence-corrected chi connectivity index (χ3v) is 4.54. The average molecular weight is 357 g/mol. The molecule has 0 bridgehead atoms. The van der Waals surface area contributed by atoms with Crippen LogP contribution in [0.4, 0.5) is 0 Å². The Morgan fingerprint density at radius 1 is 1.50 bits per heavy atom. The van der Waals surface area contributed by atoms with Crippen LogP contribution in [0.15, 0.2) is 22.7 Å². The highest BCUT2D eigenvalue weighted by atomic mass is 79.9. The van der Waals surface area contributed by atoms with Crippen molar-refractivity contribution in [1.29, 1.82) is 0 Å². The lowest BCUT2D eigenvalue weighted by Gasteiger charge is -2.31. The van der Waals surface area contributed by atoms with Crippen LogP contribution in [0.25, 0.3) is 11.0 Å². The molecule has 2 aromatic rings. The maximum absolute atomic E-state index is 11.6. The van der Waals surface area contributed by atoms with Crippen molar-refractivity contribution in [3.8, 4) is 0 Å². The number of hydrogen-bond donors (Lipinski definition) is 0. The molecule has 1 atom stereocenters. The molecule has 1 fully saturated rings. The van der Waals surface area contributed by atoms with Crippen LogP contribution in [0.1, 0.15) is 24.7 Å². The molecule has 1 unspecified atom stereocenters. The predicted molar refractivity (Wildman–Crippen MR) is 82.9 cm³/mol. The second kappa shape index (κ2) is 5.37. The summed E-state index contributed by atoms with van der Waals surface area (Å²) in [5.41, 5.74) is 2.02. The first-order valence-corrected chi connectivity index (χ1v) is 7.89. The highest BCUT2D eigenvalue weighted by Gasteiger charge is 2.27. The number of carbonyl (C=O) groups excluding carboxylic acids is 1. The zero-order valence-corrected chi connectivity index (χ0v) is 13.5. The van der Waals surface area contributed by atoms with E-state index in [0.29, 0.717) is 18.8 Å². The van der Waals surface area contributed by atoms with Gasteiger partial charge in [0, 0.05) is 24.5 Å². The summed E-state index contributed by atoms with van der Waals surface area (Å²) < 4.78 is 3.21. The number of likely N-dealkylation sites (N-methyl/N-ethyl adjacent to an activating group) is 1. The van der Waals surface area contributed by atoms with E-state index in [0.717, 1.165) is 27.8 Å². The van der Waals surface area contributed by atoms with Gasteiger partial charge in [0.1, 0.15) is 5.82 Å². The van der Waals surface area contributed by atoms with Crippen LogP contribution in [0, 0.1) is 0 Å². The molecule has 1 saturated heterocycles. The fraction of sp³-hybridized carbons (Fsp3) is 0.429. The maximum atomic E-state index is 11.6. The SMILES string of the molecule is CN1CC(n2c(CCl)nc3ccc(Br)cc32)CCC1=O. The number of halogens is 2. The molecule has 0 spiro atoms. The van der Waals surface area contributed by atoms with Gasteiger partial charge >= 0.3 is 0 Å². The average Bonchev–Trinajstić information content (AvgIpc) is 2.79. The molecule has 1 amide bonds. The highest BCUT2D eigenvalue weighted by Crippen LogP contribution is 2.30. The number of aromatic nitrogens is 2. The molecule has 106 valence electrons.